The summed E-state index contributed by atoms with van der Waals surface area (Å²) in [5, 5.41) is 0.753. The molecule has 3 heteroatoms. The first kappa shape index (κ1) is 13.1. The van der Waals surface area contributed by atoms with E-state index in [9.17, 15) is 4.39 Å². The van der Waals surface area contributed by atoms with Crippen molar-refractivity contribution in [3.05, 3.63) is 64.9 Å². The van der Waals surface area contributed by atoms with Gasteiger partial charge in [-0.05, 0) is 42.8 Å². The number of hydrogen-bond acceptors (Lipinski definition) is 1. The molecule has 16 heavy (non-hydrogen) atoms. The lowest BCUT2D eigenvalue weighted by Crippen LogP contribution is -1.76. The van der Waals surface area contributed by atoms with E-state index in [-0.39, 0.29) is 5.82 Å². The lowest BCUT2D eigenvalue weighted by atomic mass is 10.2. The zero-order chi connectivity index (χ0) is 12.0. The minimum atomic E-state index is -0.132. The number of halogens is 2. The van der Waals surface area contributed by atoms with Crippen LogP contribution in [-0.4, -0.2) is 0 Å². The van der Waals surface area contributed by atoms with Gasteiger partial charge in [-0.2, -0.15) is 0 Å². The Morgan fingerprint density at radius 2 is 1.56 bits per heavy atom. The predicted octanol–water partition coefficient (Wildman–Crippen LogP) is 4.76. The van der Waals surface area contributed by atoms with Gasteiger partial charge in [0.25, 0.3) is 0 Å². The van der Waals surface area contributed by atoms with Crippen LogP contribution in [0.25, 0.3) is 0 Å². The molecule has 0 fully saturated rings. The summed E-state index contributed by atoms with van der Waals surface area (Å²) in [6.07, 6.45) is 0. The SMILES string of the molecule is Cc1ccccc1F.Sc1ccc(Cl)cc1. The van der Waals surface area contributed by atoms with Crippen LogP contribution in [-0.2, 0) is 0 Å². The van der Waals surface area contributed by atoms with Crippen LogP contribution < -0.4 is 0 Å². The number of rotatable bonds is 0. The third kappa shape index (κ3) is 4.69. The Bertz CT molecular complexity index is 398. The zero-order valence-electron chi connectivity index (χ0n) is 8.82. The first-order valence-electron chi connectivity index (χ1n) is 4.75. The van der Waals surface area contributed by atoms with E-state index in [4.69, 9.17) is 11.6 Å². The quantitative estimate of drug-likeness (QED) is 0.644. The van der Waals surface area contributed by atoms with Crippen LogP contribution in [0, 0.1) is 12.7 Å². The van der Waals surface area contributed by atoms with E-state index >= 15 is 0 Å². The fourth-order valence-electron chi connectivity index (χ4n) is 0.992. The van der Waals surface area contributed by atoms with Crippen LogP contribution in [0.5, 0.6) is 0 Å². The number of benzene rings is 2. The molecular weight excluding hydrogens is 243 g/mol. The van der Waals surface area contributed by atoms with E-state index in [1.54, 1.807) is 19.1 Å². The Labute approximate surface area is 105 Å². The van der Waals surface area contributed by atoms with E-state index < -0.39 is 0 Å². The molecule has 0 saturated carbocycles. The molecule has 0 aliphatic heterocycles. The van der Waals surface area contributed by atoms with Gasteiger partial charge in [-0.3, -0.25) is 0 Å². The van der Waals surface area contributed by atoms with E-state index in [1.165, 1.54) is 6.07 Å². The molecular formula is C13H12ClFS. The lowest BCUT2D eigenvalue weighted by Gasteiger charge is -1.89. The van der Waals surface area contributed by atoms with Crippen molar-refractivity contribution in [3.8, 4) is 0 Å². The Balaban J connectivity index is 0.000000160. The van der Waals surface area contributed by atoms with Gasteiger partial charge in [0.15, 0.2) is 0 Å². The summed E-state index contributed by atoms with van der Waals surface area (Å²) < 4.78 is 12.3. The molecule has 2 rings (SSSR count). The predicted molar refractivity (Wildman–Crippen MR) is 69.8 cm³/mol. The molecule has 0 N–H and O–H groups in total. The summed E-state index contributed by atoms with van der Waals surface area (Å²) in [5.74, 6) is -0.132. The summed E-state index contributed by atoms with van der Waals surface area (Å²) >= 11 is 9.65. The van der Waals surface area contributed by atoms with E-state index in [1.807, 2.05) is 30.3 Å². The van der Waals surface area contributed by atoms with Gasteiger partial charge in [0.2, 0.25) is 0 Å². The van der Waals surface area contributed by atoms with Crippen molar-refractivity contribution in [2.45, 2.75) is 11.8 Å². The number of hydrogen-bond donors (Lipinski definition) is 1. The molecule has 0 atom stereocenters. The van der Waals surface area contributed by atoms with Gasteiger partial charge in [0.1, 0.15) is 5.82 Å². The van der Waals surface area contributed by atoms with Crippen molar-refractivity contribution in [2.24, 2.45) is 0 Å². The highest BCUT2D eigenvalue weighted by Crippen LogP contribution is 2.11. The van der Waals surface area contributed by atoms with Crippen molar-refractivity contribution >= 4 is 24.2 Å². The van der Waals surface area contributed by atoms with Crippen molar-refractivity contribution in [3.63, 3.8) is 0 Å². The Morgan fingerprint density at radius 1 is 1.00 bits per heavy atom. The average Bonchev–Trinajstić information content (AvgIpc) is 2.28. The smallest absolute Gasteiger partial charge is 0.126 e. The molecule has 0 amide bonds. The largest absolute Gasteiger partial charge is 0.207 e. The fraction of sp³-hybridized carbons (Fsp3) is 0.0769. The van der Waals surface area contributed by atoms with Crippen LogP contribution in [0.1, 0.15) is 5.56 Å². The standard InChI is InChI=1S/C7H7F.C6H5ClS/c1-6-4-2-3-5-7(6)8;7-5-1-3-6(8)4-2-5/h2-5H,1H3;1-4,8H. The second-order valence-electron chi connectivity index (χ2n) is 3.23. The summed E-state index contributed by atoms with van der Waals surface area (Å²) in [4.78, 5) is 0.939. The van der Waals surface area contributed by atoms with Crippen LogP contribution in [0.3, 0.4) is 0 Å². The third-order valence-corrected chi connectivity index (χ3v) is 2.45. The average molecular weight is 255 g/mol. The minimum Gasteiger partial charge on any atom is -0.207 e. The monoisotopic (exact) mass is 254 g/mol. The van der Waals surface area contributed by atoms with Crippen molar-refractivity contribution < 1.29 is 4.39 Å². The van der Waals surface area contributed by atoms with Crippen molar-refractivity contribution in [1.29, 1.82) is 0 Å². The van der Waals surface area contributed by atoms with Crippen LogP contribution in [0.2, 0.25) is 5.02 Å². The van der Waals surface area contributed by atoms with Crippen molar-refractivity contribution in [2.75, 3.05) is 0 Å². The van der Waals surface area contributed by atoms with Gasteiger partial charge >= 0.3 is 0 Å². The molecule has 0 unspecified atom stereocenters. The molecule has 0 radical (unpaired) electrons. The zero-order valence-corrected chi connectivity index (χ0v) is 10.5. The highest BCUT2D eigenvalue weighted by atomic mass is 35.5. The second-order valence-corrected chi connectivity index (χ2v) is 4.18. The fourth-order valence-corrected chi connectivity index (χ4v) is 1.27. The molecule has 0 saturated heterocycles. The normalized spacial score (nSPS) is 9.25. The molecule has 0 aromatic heterocycles. The third-order valence-electron chi connectivity index (χ3n) is 1.90. The van der Waals surface area contributed by atoms with Gasteiger partial charge in [-0.1, -0.05) is 29.8 Å². The molecule has 0 bridgehead atoms. The molecule has 2 aromatic carbocycles. The Morgan fingerprint density at radius 3 is 1.94 bits per heavy atom. The van der Waals surface area contributed by atoms with Gasteiger partial charge < -0.3 is 0 Å². The highest BCUT2D eigenvalue weighted by Gasteiger charge is 1.88. The van der Waals surface area contributed by atoms with Gasteiger partial charge in [-0.15, -0.1) is 12.6 Å². The maximum absolute atomic E-state index is 12.3. The molecule has 0 aliphatic carbocycles. The maximum Gasteiger partial charge on any atom is 0.126 e. The van der Waals surface area contributed by atoms with Gasteiger partial charge in [0.05, 0.1) is 0 Å². The lowest BCUT2D eigenvalue weighted by molar-refractivity contribution is 0.618. The van der Waals surface area contributed by atoms with E-state index in [0.29, 0.717) is 5.56 Å². The van der Waals surface area contributed by atoms with E-state index in [2.05, 4.69) is 12.6 Å². The Kier molecular flexibility index (Phi) is 5.36. The summed E-state index contributed by atoms with van der Waals surface area (Å²) in [6, 6.07) is 14.0. The van der Waals surface area contributed by atoms with Crippen LogP contribution >= 0.6 is 24.2 Å². The first-order chi connectivity index (χ1) is 7.59. The molecule has 0 heterocycles. The molecule has 84 valence electrons. The Hall–Kier alpha value is -0.990. The molecule has 0 nitrogen and oxygen atoms in total. The van der Waals surface area contributed by atoms with Gasteiger partial charge in [-0.25, -0.2) is 4.39 Å². The molecule has 0 spiro atoms. The van der Waals surface area contributed by atoms with Crippen molar-refractivity contribution in [1.82, 2.24) is 0 Å². The van der Waals surface area contributed by atoms with Gasteiger partial charge in [0, 0.05) is 9.92 Å². The molecule has 2 aromatic rings. The van der Waals surface area contributed by atoms with E-state index in [0.717, 1.165) is 9.92 Å². The highest BCUT2D eigenvalue weighted by molar-refractivity contribution is 7.80. The summed E-state index contributed by atoms with van der Waals surface area (Å²) in [7, 11) is 0. The summed E-state index contributed by atoms with van der Waals surface area (Å²) in [5.41, 5.74) is 0.701. The first-order valence-corrected chi connectivity index (χ1v) is 5.58. The summed E-state index contributed by atoms with van der Waals surface area (Å²) in [6.45, 7) is 1.75. The van der Waals surface area contributed by atoms with Crippen LogP contribution in [0.4, 0.5) is 4.39 Å². The molecule has 0 aliphatic rings. The second kappa shape index (κ2) is 6.56. The van der Waals surface area contributed by atoms with Crippen LogP contribution in [0.15, 0.2) is 53.4 Å². The minimum absolute atomic E-state index is 0.132. The number of aryl methyl sites for hydroxylation is 1. The topological polar surface area (TPSA) is 0 Å². The maximum atomic E-state index is 12.3. The number of thiol groups is 1.